The zero-order chi connectivity index (χ0) is 19.1. The summed E-state index contributed by atoms with van der Waals surface area (Å²) < 4.78 is 28.6. The molecule has 4 nitrogen and oxygen atoms in total. The lowest BCUT2D eigenvalue weighted by Gasteiger charge is -2.26. The summed E-state index contributed by atoms with van der Waals surface area (Å²) in [6.45, 7) is 0.845. The van der Waals surface area contributed by atoms with Gasteiger partial charge in [-0.25, -0.2) is 0 Å². The fourth-order valence-corrected chi connectivity index (χ4v) is 3.21. The monoisotopic (exact) mass is 374 g/mol. The molecule has 0 atom stereocenters. The van der Waals surface area contributed by atoms with Gasteiger partial charge >= 0.3 is 6.61 Å². The molecule has 6 heteroatoms. The molecule has 1 aliphatic heterocycles. The lowest BCUT2D eigenvalue weighted by molar-refractivity contribution is -0.0498. The number of benzene rings is 2. The third-order valence-corrected chi connectivity index (χ3v) is 4.67. The molecule has 0 spiro atoms. The maximum Gasteiger partial charge on any atom is 0.387 e. The van der Waals surface area contributed by atoms with Crippen LogP contribution in [-0.2, 0) is 13.1 Å². The Kier molecular flexibility index (Phi) is 6.76. The average molecular weight is 374 g/mol. The number of piperidine rings is 1. The van der Waals surface area contributed by atoms with Gasteiger partial charge in [0.1, 0.15) is 5.75 Å². The maximum absolute atomic E-state index is 12.2. The third-order valence-electron chi connectivity index (χ3n) is 4.67. The summed E-state index contributed by atoms with van der Waals surface area (Å²) in [5.74, 6) is -0.221. The van der Waals surface area contributed by atoms with E-state index in [1.807, 2.05) is 12.1 Å². The zero-order valence-electron chi connectivity index (χ0n) is 15.2. The molecule has 0 radical (unpaired) electrons. The van der Waals surface area contributed by atoms with Crippen LogP contribution in [0.15, 0.2) is 48.5 Å². The molecule has 0 bridgehead atoms. The Bertz CT molecular complexity index is 727. The molecule has 2 aromatic rings. The Morgan fingerprint density at radius 2 is 1.59 bits per heavy atom. The van der Waals surface area contributed by atoms with E-state index >= 15 is 0 Å². The highest BCUT2D eigenvalue weighted by Crippen LogP contribution is 2.16. The van der Waals surface area contributed by atoms with Crippen molar-refractivity contribution in [1.82, 2.24) is 10.2 Å². The van der Waals surface area contributed by atoms with Gasteiger partial charge in [0.25, 0.3) is 5.91 Å². The van der Waals surface area contributed by atoms with Crippen LogP contribution in [0, 0.1) is 0 Å². The van der Waals surface area contributed by atoms with E-state index in [4.69, 9.17) is 0 Å². The van der Waals surface area contributed by atoms with Crippen molar-refractivity contribution < 1.29 is 18.3 Å². The van der Waals surface area contributed by atoms with Crippen LogP contribution in [0.3, 0.4) is 0 Å². The molecule has 27 heavy (non-hydrogen) atoms. The summed E-state index contributed by atoms with van der Waals surface area (Å²) >= 11 is 0. The first-order valence-electron chi connectivity index (χ1n) is 9.23. The van der Waals surface area contributed by atoms with Crippen molar-refractivity contribution in [3.8, 4) is 5.75 Å². The summed E-state index contributed by atoms with van der Waals surface area (Å²) in [6.07, 6.45) is 3.88. The summed E-state index contributed by atoms with van der Waals surface area (Å²) in [5, 5.41) is 2.84. The predicted octanol–water partition coefficient (Wildman–Crippen LogP) is 4.20. The molecule has 0 aliphatic carbocycles. The Hall–Kier alpha value is -2.47. The van der Waals surface area contributed by atoms with Gasteiger partial charge < -0.3 is 10.1 Å². The van der Waals surface area contributed by atoms with E-state index in [1.54, 1.807) is 0 Å². The SMILES string of the molecule is O=C(NCc1ccc(CN2CCCCC2)cc1)c1ccc(OC(F)F)cc1. The van der Waals surface area contributed by atoms with Gasteiger partial charge in [-0.2, -0.15) is 8.78 Å². The third kappa shape index (κ3) is 6.03. The highest BCUT2D eigenvalue weighted by molar-refractivity contribution is 5.94. The van der Waals surface area contributed by atoms with Crippen molar-refractivity contribution in [2.24, 2.45) is 0 Å². The molecule has 1 aliphatic rings. The second-order valence-corrected chi connectivity index (χ2v) is 6.74. The van der Waals surface area contributed by atoms with Crippen LogP contribution in [-0.4, -0.2) is 30.5 Å². The highest BCUT2D eigenvalue weighted by atomic mass is 19.3. The van der Waals surface area contributed by atoms with Crippen LogP contribution in [0.4, 0.5) is 8.78 Å². The topological polar surface area (TPSA) is 41.6 Å². The van der Waals surface area contributed by atoms with Crippen LogP contribution >= 0.6 is 0 Å². The Morgan fingerprint density at radius 1 is 0.963 bits per heavy atom. The molecule has 3 rings (SSSR count). The van der Waals surface area contributed by atoms with Gasteiger partial charge in [0.05, 0.1) is 0 Å². The lowest BCUT2D eigenvalue weighted by Crippen LogP contribution is -2.29. The summed E-state index contributed by atoms with van der Waals surface area (Å²) in [7, 11) is 0. The van der Waals surface area contributed by atoms with E-state index < -0.39 is 6.61 Å². The average Bonchev–Trinajstić information content (AvgIpc) is 2.68. The Balaban J connectivity index is 1.48. The van der Waals surface area contributed by atoms with Crippen LogP contribution in [0.5, 0.6) is 5.75 Å². The van der Waals surface area contributed by atoms with Crippen molar-refractivity contribution >= 4 is 5.91 Å². The van der Waals surface area contributed by atoms with Crippen molar-refractivity contribution in [1.29, 1.82) is 0 Å². The minimum atomic E-state index is -2.87. The molecular weight excluding hydrogens is 350 g/mol. The summed E-state index contributed by atoms with van der Waals surface area (Å²) in [4.78, 5) is 14.6. The first kappa shape index (κ1) is 19.3. The summed E-state index contributed by atoms with van der Waals surface area (Å²) in [5.41, 5.74) is 2.70. The first-order chi connectivity index (χ1) is 13.1. The fraction of sp³-hybridized carbons (Fsp3) is 0.381. The van der Waals surface area contributed by atoms with Crippen molar-refractivity contribution in [2.75, 3.05) is 13.1 Å². The highest BCUT2D eigenvalue weighted by Gasteiger charge is 2.11. The van der Waals surface area contributed by atoms with Crippen LogP contribution in [0.2, 0.25) is 0 Å². The first-order valence-corrected chi connectivity index (χ1v) is 9.23. The van der Waals surface area contributed by atoms with Gasteiger partial charge in [-0.05, 0) is 61.3 Å². The number of carbonyl (C=O) groups is 1. The van der Waals surface area contributed by atoms with E-state index in [-0.39, 0.29) is 11.7 Å². The molecule has 1 saturated heterocycles. The molecule has 1 fully saturated rings. The van der Waals surface area contributed by atoms with E-state index in [1.165, 1.54) is 62.2 Å². The number of carbonyl (C=O) groups excluding carboxylic acids is 1. The van der Waals surface area contributed by atoms with E-state index in [0.29, 0.717) is 12.1 Å². The minimum absolute atomic E-state index is 0.0332. The van der Waals surface area contributed by atoms with Gasteiger partial charge in [0.2, 0.25) is 0 Å². The number of nitrogens with one attached hydrogen (secondary N) is 1. The standard InChI is InChI=1S/C21H24F2N2O2/c22-21(23)27-19-10-8-18(9-11-19)20(26)24-14-16-4-6-17(7-5-16)15-25-12-2-1-3-13-25/h4-11,21H,1-3,12-15H2,(H,24,26). The number of ether oxygens (including phenoxy) is 1. The summed E-state index contributed by atoms with van der Waals surface area (Å²) in [6, 6.07) is 13.9. The second-order valence-electron chi connectivity index (χ2n) is 6.74. The molecule has 2 aromatic carbocycles. The molecule has 1 N–H and O–H groups in total. The van der Waals surface area contributed by atoms with Crippen LogP contribution in [0.1, 0.15) is 40.7 Å². The number of hydrogen-bond donors (Lipinski definition) is 1. The van der Waals surface area contributed by atoms with Crippen LogP contribution < -0.4 is 10.1 Å². The van der Waals surface area contributed by atoms with Gasteiger partial charge in [-0.1, -0.05) is 30.7 Å². The minimum Gasteiger partial charge on any atom is -0.435 e. The number of amides is 1. The quantitative estimate of drug-likeness (QED) is 0.790. The van der Waals surface area contributed by atoms with Crippen molar-refractivity contribution in [3.63, 3.8) is 0 Å². The number of rotatable bonds is 7. The van der Waals surface area contributed by atoms with Gasteiger partial charge in [0.15, 0.2) is 0 Å². The normalized spacial score (nSPS) is 14.9. The van der Waals surface area contributed by atoms with Crippen LogP contribution in [0.25, 0.3) is 0 Å². The molecule has 144 valence electrons. The Labute approximate surface area is 158 Å². The molecular formula is C21H24F2N2O2. The predicted molar refractivity (Wildman–Crippen MR) is 99.8 cm³/mol. The van der Waals surface area contributed by atoms with Gasteiger partial charge in [-0.3, -0.25) is 9.69 Å². The van der Waals surface area contributed by atoms with Gasteiger partial charge in [-0.15, -0.1) is 0 Å². The number of likely N-dealkylation sites (tertiary alicyclic amines) is 1. The second kappa shape index (κ2) is 9.46. The molecule has 0 aromatic heterocycles. The smallest absolute Gasteiger partial charge is 0.387 e. The molecule has 0 unspecified atom stereocenters. The van der Waals surface area contributed by atoms with Gasteiger partial charge in [0, 0.05) is 18.7 Å². The number of halogens is 2. The maximum atomic E-state index is 12.2. The van der Waals surface area contributed by atoms with E-state index in [0.717, 1.165) is 12.1 Å². The largest absolute Gasteiger partial charge is 0.435 e. The molecule has 1 heterocycles. The molecule has 0 saturated carbocycles. The van der Waals surface area contributed by atoms with Crippen molar-refractivity contribution in [3.05, 3.63) is 65.2 Å². The fourth-order valence-electron chi connectivity index (χ4n) is 3.21. The number of nitrogens with zero attached hydrogens (tertiary/aromatic N) is 1. The number of hydrogen-bond acceptors (Lipinski definition) is 3. The lowest BCUT2D eigenvalue weighted by atomic mass is 10.1. The van der Waals surface area contributed by atoms with Crippen molar-refractivity contribution in [2.45, 2.75) is 39.0 Å². The Morgan fingerprint density at radius 3 is 2.22 bits per heavy atom. The molecule has 1 amide bonds. The zero-order valence-corrected chi connectivity index (χ0v) is 15.2. The number of alkyl halides is 2. The van der Waals surface area contributed by atoms with E-state index in [2.05, 4.69) is 27.1 Å². The van der Waals surface area contributed by atoms with E-state index in [9.17, 15) is 13.6 Å².